The van der Waals surface area contributed by atoms with Crippen molar-refractivity contribution in [2.24, 2.45) is 0 Å². The van der Waals surface area contributed by atoms with E-state index in [1.54, 1.807) is 11.3 Å². The third kappa shape index (κ3) is 1.58. The molecule has 0 fully saturated rings. The molecule has 0 amide bonds. The van der Waals surface area contributed by atoms with Crippen molar-refractivity contribution in [2.45, 2.75) is 13.5 Å². The third-order valence-electron chi connectivity index (χ3n) is 2.15. The molecule has 0 atom stereocenters. The van der Waals surface area contributed by atoms with Gasteiger partial charge in [0.25, 0.3) is 0 Å². The van der Waals surface area contributed by atoms with Gasteiger partial charge in [0.2, 0.25) is 0 Å². The average Bonchev–Trinajstić information content (AvgIpc) is 2.77. The molecule has 2 heterocycles. The van der Waals surface area contributed by atoms with E-state index in [2.05, 4.69) is 15.9 Å². The van der Waals surface area contributed by atoms with Gasteiger partial charge in [-0.2, -0.15) is 11.3 Å². The van der Waals surface area contributed by atoms with Gasteiger partial charge in [0.1, 0.15) is 5.69 Å². The number of hydrogen-bond donors (Lipinski definition) is 1. The van der Waals surface area contributed by atoms with Crippen LogP contribution in [0.1, 0.15) is 11.3 Å². The van der Waals surface area contributed by atoms with Crippen molar-refractivity contribution < 1.29 is 4.52 Å². The highest BCUT2D eigenvalue weighted by Gasteiger charge is 2.12. The fourth-order valence-electron chi connectivity index (χ4n) is 1.36. The third-order valence-corrected chi connectivity index (χ3v) is 2.83. The Balaban J connectivity index is 2.36. The van der Waals surface area contributed by atoms with Gasteiger partial charge in [-0.25, -0.2) is 0 Å². The Labute approximate surface area is 86.7 Å². The molecule has 0 aliphatic heterocycles. The van der Waals surface area contributed by atoms with Crippen LogP contribution in [0, 0.1) is 6.92 Å². The number of nitrogens with one attached hydrogen (secondary N) is 1. The Hall–Kier alpha value is -1.13. The first-order valence-corrected chi connectivity index (χ1v) is 5.39. The summed E-state index contributed by atoms with van der Waals surface area (Å²) in [5.74, 6) is 0.886. The number of nitrogens with zero attached hydrogens (tertiary/aromatic N) is 1. The minimum Gasteiger partial charge on any atom is -0.356 e. The normalized spacial score (nSPS) is 10.7. The van der Waals surface area contributed by atoms with Crippen LogP contribution >= 0.6 is 11.3 Å². The highest BCUT2D eigenvalue weighted by atomic mass is 32.1. The largest absolute Gasteiger partial charge is 0.356 e. The Bertz CT molecular complexity index is 406. The van der Waals surface area contributed by atoms with E-state index >= 15 is 0 Å². The lowest BCUT2D eigenvalue weighted by Gasteiger charge is -1.94. The van der Waals surface area contributed by atoms with Crippen LogP contribution in [0.25, 0.3) is 11.3 Å². The van der Waals surface area contributed by atoms with Gasteiger partial charge in [0, 0.05) is 23.1 Å². The summed E-state index contributed by atoms with van der Waals surface area (Å²) in [6, 6.07) is 2.04. The van der Waals surface area contributed by atoms with Crippen molar-refractivity contribution in [3.05, 3.63) is 28.1 Å². The van der Waals surface area contributed by atoms with E-state index in [0.29, 0.717) is 0 Å². The summed E-state index contributed by atoms with van der Waals surface area (Å²) in [5, 5.41) is 11.2. The molecule has 0 radical (unpaired) electrons. The average molecular weight is 208 g/mol. The molecule has 0 saturated carbocycles. The summed E-state index contributed by atoms with van der Waals surface area (Å²) in [6.45, 7) is 2.79. The molecule has 2 aromatic rings. The van der Waals surface area contributed by atoms with Crippen LogP contribution in [-0.2, 0) is 6.54 Å². The molecule has 0 aromatic carbocycles. The van der Waals surface area contributed by atoms with Gasteiger partial charge in [0.15, 0.2) is 5.76 Å². The van der Waals surface area contributed by atoms with Gasteiger partial charge in [-0.1, -0.05) is 5.16 Å². The molecule has 0 bridgehead atoms. The van der Waals surface area contributed by atoms with Crippen LogP contribution in [0.3, 0.4) is 0 Å². The summed E-state index contributed by atoms with van der Waals surface area (Å²) in [4.78, 5) is 0. The summed E-state index contributed by atoms with van der Waals surface area (Å²) >= 11 is 1.66. The second kappa shape index (κ2) is 3.94. The zero-order valence-electron chi connectivity index (χ0n) is 8.20. The van der Waals surface area contributed by atoms with E-state index in [1.807, 2.05) is 25.4 Å². The molecule has 3 nitrogen and oxygen atoms in total. The van der Waals surface area contributed by atoms with Gasteiger partial charge in [-0.3, -0.25) is 0 Å². The molecule has 4 heteroatoms. The highest BCUT2D eigenvalue weighted by Crippen LogP contribution is 2.27. The fraction of sp³-hybridized carbons (Fsp3) is 0.300. The van der Waals surface area contributed by atoms with Gasteiger partial charge in [-0.05, 0) is 25.4 Å². The topological polar surface area (TPSA) is 38.1 Å². The molecular formula is C10H12N2OS. The number of aromatic nitrogens is 1. The standard InChI is InChI=1S/C10H12N2OS/c1-7-9(5-11-2)12-13-10(7)8-3-4-14-6-8/h3-4,6,11H,5H2,1-2H3. The quantitative estimate of drug-likeness (QED) is 0.841. The Morgan fingerprint density at radius 1 is 1.57 bits per heavy atom. The van der Waals surface area contributed by atoms with Crippen molar-refractivity contribution in [2.75, 3.05) is 7.05 Å². The van der Waals surface area contributed by atoms with E-state index in [0.717, 1.165) is 29.1 Å². The van der Waals surface area contributed by atoms with Gasteiger partial charge >= 0.3 is 0 Å². The lowest BCUT2D eigenvalue weighted by Crippen LogP contribution is -2.06. The number of thiophene rings is 1. The highest BCUT2D eigenvalue weighted by molar-refractivity contribution is 7.08. The van der Waals surface area contributed by atoms with Crippen LogP contribution in [0.15, 0.2) is 21.3 Å². The van der Waals surface area contributed by atoms with Crippen LogP contribution in [-0.4, -0.2) is 12.2 Å². The maximum atomic E-state index is 5.31. The predicted molar refractivity (Wildman–Crippen MR) is 57.3 cm³/mol. The molecule has 1 N–H and O–H groups in total. The summed E-state index contributed by atoms with van der Waals surface area (Å²) in [7, 11) is 1.90. The van der Waals surface area contributed by atoms with Gasteiger partial charge in [0.05, 0.1) is 0 Å². The molecule has 2 aromatic heterocycles. The minimum absolute atomic E-state index is 0.749. The minimum atomic E-state index is 0.749. The first-order chi connectivity index (χ1) is 6.83. The molecule has 74 valence electrons. The molecule has 14 heavy (non-hydrogen) atoms. The van der Waals surface area contributed by atoms with Crippen LogP contribution in [0.4, 0.5) is 0 Å². The van der Waals surface area contributed by atoms with Gasteiger partial charge in [-0.15, -0.1) is 0 Å². The molecule has 2 rings (SSSR count). The molecule has 0 unspecified atom stereocenters. The van der Waals surface area contributed by atoms with Crippen molar-refractivity contribution in [3.8, 4) is 11.3 Å². The fourth-order valence-corrected chi connectivity index (χ4v) is 2.00. The first kappa shape index (κ1) is 9.43. The Morgan fingerprint density at radius 2 is 2.43 bits per heavy atom. The van der Waals surface area contributed by atoms with Crippen LogP contribution in [0.5, 0.6) is 0 Å². The van der Waals surface area contributed by atoms with E-state index < -0.39 is 0 Å². The van der Waals surface area contributed by atoms with Crippen molar-refractivity contribution in [1.82, 2.24) is 10.5 Å². The zero-order valence-corrected chi connectivity index (χ0v) is 9.02. The smallest absolute Gasteiger partial charge is 0.170 e. The second-order valence-electron chi connectivity index (χ2n) is 3.13. The van der Waals surface area contributed by atoms with Crippen molar-refractivity contribution in [3.63, 3.8) is 0 Å². The van der Waals surface area contributed by atoms with Gasteiger partial charge < -0.3 is 9.84 Å². The van der Waals surface area contributed by atoms with Crippen LogP contribution in [0.2, 0.25) is 0 Å². The van der Waals surface area contributed by atoms with E-state index in [1.165, 1.54) is 0 Å². The summed E-state index contributed by atoms with van der Waals surface area (Å²) in [6.07, 6.45) is 0. The molecule has 0 saturated heterocycles. The maximum absolute atomic E-state index is 5.31. The molecular weight excluding hydrogens is 196 g/mol. The monoisotopic (exact) mass is 208 g/mol. The van der Waals surface area contributed by atoms with E-state index in [-0.39, 0.29) is 0 Å². The van der Waals surface area contributed by atoms with Crippen molar-refractivity contribution in [1.29, 1.82) is 0 Å². The molecule has 0 spiro atoms. The van der Waals surface area contributed by atoms with Crippen LogP contribution < -0.4 is 5.32 Å². The Kier molecular flexibility index (Phi) is 2.65. The first-order valence-electron chi connectivity index (χ1n) is 4.45. The molecule has 0 aliphatic carbocycles. The second-order valence-corrected chi connectivity index (χ2v) is 3.91. The Morgan fingerprint density at radius 3 is 3.07 bits per heavy atom. The zero-order chi connectivity index (χ0) is 9.97. The predicted octanol–water partition coefficient (Wildman–Crippen LogP) is 2.43. The molecule has 0 aliphatic rings. The number of hydrogen-bond acceptors (Lipinski definition) is 4. The number of rotatable bonds is 3. The summed E-state index contributed by atoms with van der Waals surface area (Å²) in [5.41, 5.74) is 3.22. The SMILES string of the molecule is CNCc1noc(-c2ccsc2)c1C. The lowest BCUT2D eigenvalue weighted by molar-refractivity contribution is 0.421. The van der Waals surface area contributed by atoms with E-state index in [4.69, 9.17) is 4.52 Å². The summed E-state index contributed by atoms with van der Waals surface area (Å²) < 4.78 is 5.31. The maximum Gasteiger partial charge on any atom is 0.170 e. The van der Waals surface area contributed by atoms with E-state index in [9.17, 15) is 0 Å². The lowest BCUT2D eigenvalue weighted by atomic mass is 10.1. The van der Waals surface area contributed by atoms with Crippen molar-refractivity contribution >= 4 is 11.3 Å².